The van der Waals surface area contributed by atoms with Crippen molar-refractivity contribution in [2.45, 2.75) is 180 Å². The number of unbranched alkanes of at least 4 members (excludes halogenated alkanes) is 18. The molecule has 1 aliphatic heterocycles. The van der Waals surface area contributed by atoms with Gasteiger partial charge in [0, 0.05) is 12.8 Å². The molecule has 0 aliphatic carbocycles. The fraction of sp³-hybridized carbons (Fsp3) is 0.938. The Hall–Kier alpha value is -0.340. The summed E-state index contributed by atoms with van der Waals surface area (Å²) in [6.07, 6.45) is 24.3. The van der Waals surface area contributed by atoms with Crippen LogP contribution in [-0.2, 0) is 14.2 Å². The minimum atomic E-state index is -1.04. The average Bonchev–Trinajstić information content (AvgIpc) is 3.31. The molecule has 1 aliphatic rings. The van der Waals surface area contributed by atoms with Crippen LogP contribution in [0.25, 0.3) is 0 Å². The van der Waals surface area contributed by atoms with E-state index in [2.05, 4.69) is 13.8 Å². The number of aliphatic hydroxyl groups excluding tert-OH is 2. The van der Waals surface area contributed by atoms with Crippen LogP contribution in [0.3, 0.4) is 0 Å². The van der Waals surface area contributed by atoms with Crippen molar-refractivity contribution in [3.05, 3.63) is 0 Å². The van der Waals surface area contributed by atoms with Gasteiger partial charge in [-0.3, -0.25) is 0 Å². The fourth-order valence-electron chi connectivity index (χ4n) is 5.24. The highest BCUT2D eigenvalue weighted by Gasteiger charge is 2.45. The summed E-state index contributed by atoms with van der Waals surface area (Å²) in [4.78, 5) is 0. The summed E-state index contributed by atoms with van der Waals surface area (Å²) in [6.45, 7) is 4.38. The molecule has 39 heavy (non-hydrogen) atoms. The lowest BCUT2D eigenvalue weighted by Gasteiger charge is -2.27. The van der Waals surface area contributed by atoms with Gasteiger partial charge in [0.25, 0.3) is 0 Å². The third-order valence-electron chi connectivity index (χ3n) is 7.73. The lowest BCUT2D eigenvalue weighted by molar-refractivity contribution is -0.0639. The molecule has 0 aromatic rings. The Labute approximate surface area is 251 Å². The van der Waals surface area contributed by atoms with Crippen molar-refractivity contribution in [3.8, 4) is 0 Å². The lowest BCUT2D eigenvalue weighted by Crippen LogP contribution is -2.44. The monoisotopic (exact) mass is 588 g/mol. The first kappa shape index (κ1) is 36.7. The number of ether oxygens (including phenoxy) is 3. The molecule has 0 unspecified atom stereocenters. The molecule has 5 nitrogen and oxygen atoms in total. The second-order valence-corrected chi connectivity index (χ2v) is 12.3. The highest BCUT2D eigenvalue weighted by Crippen LogP contribution is 2.26. The van der Waals surface area contributed by atoms with Gasteiger partial charge in [0.15, 0.2) is 22.3 Å². The molecule has 7 heteroatoms. The van der Waals surface area contributed by atoms with E-state index in [1.807, 2.05) is 0 Å². The molecule has 1 fully saturated rings. The van der Waals surface area contributed by atoms with Gasteiger partial charge in [0.05, 0.1) is 13.2 Å². The molecule has 2 N–H and O–H groups in total. The molecular formula is C32H60O5S2. The standard InChI is InChI=1S/C32H60O5S2/c1-3-5-7-9-11-13-15-17-19-21-23-29(38)36-28-26-35-31(27(34)25-33)32(28)37-30(39)24-22-20-18-16-14-12-10-8-6-4-2/h27-28,31-34H,3-26H2,1-2H3/t27-,28+,31-,32-/m1/s1. The number of rotatable bonds is 26. The van der Waals surface area contributed by atoms with Gasteiger partial charge in [-0.2, -0.15) is 0 Å². The van der Waals surface area contributed by atoms with E-state index < -0.39 is 31.0 Å². The number of thiocarbonyl (C=S) groups is 2. The molecule has 0 radical (unpaired) electrons. The van der Waals surface area contributed by atoms with Gasteiger partial charge in [-0.15, -0.1) is 0 Å². The molecular weight excluding hydrogens is 528 g/mol. The van der Waals surface area contributed by atoms with Crippen LogP contribution in [0, 0.1) is 0 Å². The van der Waals surface area contributed by atoms with Gasteiger partial charge >= 0.3 is 0 Å². The normalized spacial score (nSPS) is 19.7. The number of aliphatic hydroxyl groups is 2. The van der Waals surface area contributed by atoms with Gasteiger partial charge in [0.1, 0.15) is 12.2 Å². The molecule has 230 valence electrons. The van der Waals surface area contributed by atoms with Crippen LogP contribution in [-0.4, -0.2) is 57.9 Å². The topological polar surface area (TPSA) is 68.2 Å². The van der Waals surface area contributed by atoms with E-state index >= 15 is 0 Å². The molecule has 0 bridgehead atoms. The van der Waals surface area contributed by atoms with E-state index in [1.165, 1.54) is 103 Å². The Morgan fingerprint density at radius 2 is 1.05 bits per heavy atom. The van der Waals surface area contributed by atoms with Crippen LogP contribution in [0.4, 0.5) is 0 Å². The van der Waals surface area contributed by atoms with Crippen molar-refractivity contribution in [2.24, 2.45) is 0 Å². The zero-order valence-electron chi connectivity index (χ0n) is 25.2. The summed E-state index contributed by atoms with van der Waals surface area (Å²) in [6, 6.07) is 0. The first-order chi connectivity index (χ1) is 19.0. The smallest absolute Gasteiger partial charge is 0.167 e. The summed E-state index contributed by atoms with van der Waals surface area (Å²) in [5.74, 6) is 0. The van der Waals surface area contributed by atoms with E-state index in [-0.39, 0.29) is 6.61 Å². The summed E-state index contributed by atoms with van der Waals surface area (Å²) in [7, 11) is 0. The zero-order chi connectivity index (χ0) is 28.6. The van der Waals surface area contributed by atoms with Crippen molar-refractivity contribution in [1.29, 1.82) is 0 Å². The largest absolute Gasteiger partial charge is 0.477 e. The second-order valence-electron chi connectivity index (χ2n) is 11.4. The molecule has 0 aromatic heterocycles. The molecule has 0 saturated carbocycles. The fourth-order valence-corrected chi connectivity index (χ4v) is 5.76. The van der Waals surface area contributed by atoms with Gasteiger partial charge in [-0.25, -0.2) is 0 Å². The maximum absolute atomic E-state index is 10.3. The minimum Gasteiger partial charge on any atom is -0.477 e. The van der Waals surface area contributed by atoms with Gasteiger partial charge < -0.3 is 24.4 Å². The Morgan fingerprint density at radius 3 is 1.46 bits per heavy atom. The van der Waals surface area contributed by atoms with Gasteiger partial charge in [-0.05, 0) is 37.3 Å². The summed E-state index contributed by atoms with van der Waals surface area (Å²) in [5.41, 5.74) is 0. The van der Waals surface area contributed by atoms with E-state index in [1.54, 1.807) is 0 Å². The van der Waals surface area contributed by atoms with Crippen LogP contribution in [0.2, 0.25) is 0 Å². The maximum Gasteiger partial charge on any atom is 0.167 e. The van der Waals surface area contributed by atoms with E-state index in [9.17, 15) is 10.2 Å². The van der Waals surface area contributed by atoms with E-state index in [0.717, 1.165) is 32.1 Å². The molecule has 0 aromatic carbocycles. The van der Waals surface area contributed by atoms with Crippen molar-refractivity contribution in [2.75, 3.05) is 13.2 Å². The van der Waals surface area contributed by atoms with Crippen LogP contribution in [0.15, 0.2) is 0 Å². The Bertz CT molecular complexity index is 603. The third-order valence-corrected chi connectivity index (χ3v) is 8.33. The summed E-state index contributed by atoms with van der Waals surface area (Å²) < 4.78 is 17.9. The molecule has 0 spiro atoms. The Kier molecular flexibility index (Phi) is 23.9. The SMILES string of the molecule is CCCCCCCCCCCCC(=S)O[C@H]1[C@@H]([C@H](O)CO)OC[C@@H]1OC(=S)CCCCCCCCCCCC. The summed E-state index contributed by atoms with van der Waals surface area (Å²) >= 11 is 11.1. The van der Waals surface area contributed by atoms with Crippen molar-refractivity contribution < 1.29 is 24.4 Å². The second kappa shape index (κ2) is 25.4. The highest BCUT2D eigenvalue weighted by atomic mass is 32.1. The average molecular weight is 589 g/mol. The van der Waals surface area contributed by atoms with Crippen LogP contribution in [0.5, 0.6) is 0 Å². The molecule has 0 amide bonds. The van der Waals surface area contributed by atoms with Crippen molar-refractivity contribution >= 4 is 34.5 Å². The molecule has 1 heterocycles. The quantitative estimate of drug-likeness (QED) is 0.0773. The Morgan fingerprint density at radius 1 is 0.667 bits per heavy atom. The number of hydrogen-bond acceptors (Lipinski definition) is 7. The Balaban J connectivity index is 2.27. The predicted molar refractivity (Wildman–Crippen MR) is 171 cm³/mol. The maximum atomic E-state index is 10.3. The third kappa shape index (κ3) is 18.7. The van der Waals surface area contributed by atoms with Gasteiger partial charge in [-0.1, -0.05) is 129 Å². The lowest BCUT2D eigenvalue weighted by atomic mass is 10.1. The molecule has 1 rings (SSSR count). The van der Waals surface area contributed by atoms with Crippen LogP contribution in [0.1, 0.15) is 155 Å². The van der Waals surface area contributed by atoms with Crippen LogP contribution >= 0.6 is 24.4 Å². The van der Waals surface area contributed by atoms with E-state index in [4.69, 9.17) is 38.6 Å². The van der Waals surface area contributed by atoms with Gasteiger partial charge in [0.2, 0.25) is 0 Å². The van der Waals surface area contributed by atoms with Crippen molar-refractivity contribution in [3.63, 3.8) is 0 Å². The molecule has 1 saturated heterocycles. The highest BCUT2D eigenvalue weighted by molar-refractivity contribution is 7.80. The summed E-state index contributed by atoms with van der Waals surface area (Å²) in [5, 5.41) is 20.9. The first-order valence-electron chi connectivity index (χ1n) is 16.3. The first-order valence-corrected chi connectivity index (χ1v) is 17.1. The van der Waals surface area contributed by atoms with Crippen molar-refractivity contribution in [1.82, 2.24) is 0 Å². The van der Waals surface area contributed by atoms with Crippen LogP contribution < -0.4 is 0 Å². The molecule has 4 atom stereocenters. The zero-order valence-corrected chi connectivity index (χ0v) is 26.8. The number of hydrogen-bond donors (Lipinski definition) is 2. The predicted octanol–water partition coefficient (Wildman–Crippen LogP) is 8.79. The minimum absolute atomic E-state index is 0.269. The van der Waals surface area contributed by atoms with E-state index in [0.29, 0.717) is 16.5 Å².